The first-order valence-corrected chi connectivity index (χ1v) is 4.57. The highest BCUT2D eigenvalue weighted by atomic mass is 16.2. The molecule has 0 unspecified atom stereocenters. The van der Waals surface area contributed by atoms with Crippen LogP contribution in [0.3, 0.4) is 0 Å². The molecule has 2 aromatic rings. The van der Waals surface area contributed by atoms with Crippen molar-refractivity contribution < 1.29 is 4.79 Å². The van der Waals surface area contributed by atoms with E-state index in [4.69, 9.17) is 11.5 Å². The van der Waals surface area contributed by atoms with Gasteiger partial charge in [-0.05, 0) is 6.92 Å². The van der Waals surface area contributed by atoms with Crippen LogP contribution in [0.2, 0.25) is 0 Å². The van der Waals surface area contributed by atoms with Gasteiger partial charge in [-0.2, -0.15) is 15.0 Å². The molecule has 84 valence electrons. The maximum Gasteiger partial charge on any atom is 0.270 e. The number of carbonyl (C=O) groups excluding carboxylic acids is 1. The molecule has 0 radical (unpaired) electrons. The van der Waals surface area contributed by atoms with Gasteiger partial charge in [0.15, 0.2) is 5.82 Å². The molecule has 8 heteroatoms. The summed E-state index contributed by atoms with van der Waals surface area (Å²) in [5, 5.41) is 11.5. The van der Waals surface area contributed by atoms with E-state index in [0.29, 0.717) is 11.4 Å². The number of anilines is 2. The van der Waals surface area contributed by atoms with Gasteiger partial charge in [0.05, 0.1) is 23.8 Å². The molecule has 0 aromatic carbocycles. The van der Waals surface area contributed by atoms with E-state index >= 15 is 0 Å². The van der Waals surface area contributed by atoms with Gasteiger partial charge < -0.3 is 11.5 Å². The van der Waals surface area contributed by atoms with Gasteiger partial charge >= 0.3 is 0 Å². The number of carbonyl (C=O) groups is 1. The van der Waals surface area contributed by atoms with E-state index in [1.807, 2.05) is 0 Å². The highest BCUT2D eigenvalue weighted by molar-refractivity contribution is 5.79. The van der Waals surface area contributed by atoms with E-state index in [2.05, 4.69) is 15.3 Å². The average Bonchev–Trinajstić information content (AvgIpc) is 2.76. The average molecular weight is 221 g/mol. The summed E-state index contributed by atoms with van der Waals surface area (Å²) in [5.74, 6) is -0.00528. The van der Waals surface area contributed by atoms with Crippen LogP contribution in [0.1, 0.15) is 10.5 Å². The van der Waals surface area contributed by atoms with Crippen LogP contribution in [0, 0.1) is 6.92 Å². The van der Waals surface area contributed by atoms with Crippen LogP contribution >= 0.6 is 0 Å². The van der Waals surface area contributed by atoms with E-state index in [-0.39, 0.29) is 18.3 Å². The molecule has 4 N–H and O–H groups in total. The van der Waals surface area contributed by atoms with Crippen LogP contribution in [0.15, 0.2) is 12.4 Å². The zero-order valence-electron chi connectivity index (χ0n) is 8.66. The maximum atomic E-state index is 11.8. The van der Waals surface area contributed by atoms with Crippen LogP contribution in [0.4, 0.5) is 11.5 Å². The van der Waals surface area contributed by atoms with Crippen LogP contribution in [-0.4, -0.2) is 30.7 Å². The lowest BCUT2D eigenvalue weighted by atomic mass is 10.4. The first-order valence-electron chi connectivity index (χ1n) is 4.57. The Hall–Kier alpha value is -2.38. The van der Waals surface area contributed by atoms with Crippen molar-refractivity contribution in [3.63, 3.8) is 0 Å². The summed E-state index contributed by atoms with van der Waals surface area (Å²) >= 11 is 0. The Morgan fingerprint density at radius 2 is 2.12 bits per heavy atom. The molecular weight excluding hydrogens is 210 g/mol. The van der Waals surface area contributed by atoms with Gasteiger partial charge in [-0.25, -0.2) is 4.68 Å². The molecule has 0 aliphatic carbocycles. The van der Waals surface area contributed by atoms with Gasteiger partial charge in [-0.15, -0.1) is 5.10 Å². The van der Waals surface area contributed by atoms with Gasteiger partial charge in [0, 0.05) is 0 Å². The van der Waals surface area contributed by atoms with Crippen LogP contribution in [0.5, 0.6) is 0 Å². The number of rotatable bonds is 2. The molecule has 0 amide bonds. The van der Waals surface area contributed by atoms with Crippen LogP contribution < -0.4 is 11.5 Å². The summed E-state index contributed by atoms with van der Waals surface area (Å²) in [6, 6.07) is 0. The molecule has 0 fully saturated rings. The lowest BCUT2D eigenvalue weighted by molar-refractivity contribution is 0.0862. The monoisotopic (exact) mass is 221 g/mol. The zero-order valence-corrected chi connectivity index (χ0v) is 8.66. The van der Waals surface area contributed by atoms with Crippen molar-refractivity contribution in [2.24, 2.45) is 0 Å². The van der Waals surface area contributed by atoms with E-state index in [9.17, 15) is 4.79 Å². The Balaban J connectivity index is 2.18. The van der Waals surface area contributed by atoms with Crippen molar-refractivity contribution >= 4 is 17.4 Å². The maximum absolute atomic E-state index is 11.8. The fraction of sp³-hybridized carbons (Fsp3) is 0.250. The standard InChI is InChI=1S/C8H11N7O/c1-5-6(9)2-12-15(5)8(16)4-14-11-3-7(10)13-14/h2-3H,4,9H2,1H3,(H2,10,13). The number of hydrogen-bond donors (Lipinski definition) is 2. The Morgan fingerprint density at radius 1 is 1.38 bits per heavy atom. The molecular formula is C8H11N7O. The molecule has 0 saturated heterocycles. The van der Waals surface area contributed by atoms with Crippen LogP contribution in [0.25, 0.3) is 0 Å². The van der Waals surface area contributed by atoms with Crippen LogP contribution in [-0.2, 0) is 6.54 Å². The lowest BCUT2D eigenvalue weighted by Crippen LogP contribution is -2.21. The largest absolute Gasteiger partial charge is 0.396 e. The quantitative estimate of drug-likeness (QED) is 0.691. The number of hydrogen-bond acceptors (Lipinski definition) is 6. The number of aromatic nitrogens is 5. The SMILES string of the molecule is Cc1c(N)cnn1C(=O)Cn1ncc(N)n1. The number of nitrogens with two attached hydrogens (primary N) is 2. The van der Waals surface area contributed by atoms with Crippen molar-refractivity contribution in [3.05, 3.63) is 18.1 Å². The van der Waals surface area contributed by atoms with Crippen molar-refractivity contribution in [1.29, 1.82) is 0 Å². The molecule has 0 spiro atoms. The van der Waals surface area contributed by atoms with Crippen molar-refractivity contribution in [1.82, 2.24) is 24.8 Å². The third kappa shape index (κ3) is 1.72. The second kappa shape index (κ2) is 3.65. The first-order chi connectivity index (χ1) is 7.58. The minimum absolute atomic E-state index is 0.0286. The zero-order chi connectivity index (χ0) is 11.7. The number of nitrogen functional groups attached to an aromatic ring is 2. The van der Waals surface area contributed by atoms with Crippen molar-refractivity contribution in [3.8, 4) is 0 Å². The Bertz CT molecular complexity index is 526. The molecule has 2 rings (SSSR count). The molecule has 0 atom stereocenters. The molecule has 2 heterocycles. The minimum atomic E-state index is -0.273. The van der Waals surface area contributed by atoms with E-state index in [1.54, 1.807) is 6.92 Å². The highest BCUT2D eigenvalue weighted by Crippen LogP contribution is 2.08. The number of nitrogens with zero attached hydrogens (tertiary/aromatic N) is 5. The summed E-state index contributed by atoms with van der Waals surface area (Å²) < 4.78 is 1.22. The highest BCUT2D eigenvalue weighted by Gasteiger charge is 2.12. The fourth-order valence-corrected chi connectivity index (χ4v) is 1.25. The molecule has 0 bridgehead atoms. The van der Waals surface area contributed by atoms with E-state index in [0.717, 1.165) is 0 Å². The summed E-state index contributed by atoms with van der Waals surface area (Å²) in [6.07, 6.45) is 2.80. The van der Waals surface area contributed by atoms with Gasteiger partial charge in [0.1, 0.15) is 6.54 Å². The molecule has 16 heavy (non-hydrogen) atoms. The summed E-state index contributed by atoms with van der Waals surface area (Å²) in [7, 11) is 0. The fourth-order valence-electron chi connectivity index (χ4n) is 1.25. The van der Waals surface area contributed by atoms with E-state index < -0.39 is 0 Å². The molecule has 2 aromatic heterocycles. The minimum Gasteiger partial charge on any atom is -0.396 e. The predicted octanol–water partition coefficient (Wildman–Crippen LogP) is -0.712. The topological polar surface area (TPSA) is 118 Å². The normalized spacial score (nSPS) is 10.6. The summed E-state index contributed by atoms with van der Waals surface area (Å²) in [4.78, 5) is 13.0. The smallest absolute Gasteiger partial charge is 0.270 e. The van der Waals surface area contributed by atoms with E-state index in [1.165, 1.54) is 21.9 Å². The third-order valence-corrected chi connectivity index (χ3v) is 2.11. The summed E-state index contributed by atoms with van der Waals surface area (Å²) in [5.41, 5.74) is 12.0. The predicted molar refractivity (Wildman–Crippen MR) is 56.4 cm³/mol. The first kappa shape index (κ1) is 10.1. The molecule has 0 aliphatic heterocycles. The van der Waals surface area contributed by atoms with Gasteiger partial charge in [0.2, 0.25) is 0 Å². The lowest BCUT2D eigenvalue weighted by Gasteiger charge is -2.02. The van der Waals surface area contributed by atoms with Gasteiger partial charge in [-0.1, -0.05) is 0 Å². The van der Waals surface area contributed by atoms with Gasteiger partial charge in [0.25, 0.3) is 5.91 Å². The van der Waals surface area contributed by atoms with Crippen molar-refractivity contribution in [2.45, 2.75) is 13.5 Å². The second-order valence-electron chi connectivity index (χ2n) is 3.29. The Labute approximate surface area is 90.8 Å². The molecule has 0 saturated carbocycles. The molecule has 0 aliphatic rings. The summed E-state index contributed by atoms with van der Waals surface area (Å²) in [6.45, 7) is 1.68. The van der Waals surface area contributed by atoms with Crippen molar-refractivity contribution in [2.75, 3.05) is 11.5 Å². The third-order valence-electron chi connectivity index (χ3n) is 2.11. The second-order valence-corrected chi connectivity index (χ2v) is 3.29. The molecule has 8 nitrogen and oxygen atoms in total. The van der Waals surface area contributed by atoms with Gasteiger partial charge in [-0.3, -0.25) is 4.79 Å². The Kier molecular flexibility index (Phi) is 2.31. The Morgan fingerprint density at radius 3 is 2.62 bits per heavy atom.